The lowest BCUT2D eigenvalue weighted by Gasteiger charge is -2.09. The molecule has 0 spiro atoms. The van der Waals surface area contributed by atoms with E-state index in [0.717, 1.165) is 36.0 Å². The van der Waals surface area contributed by atoms with E-state index in [1.807, 2.05) is 36.4 Å². The monoisotopic (exact) mass is 333 g/mol. The van der Waals surface area contributed by atoms with Gasteiger partial charge in [0.15, 0.2) is 0 Å². The largest absolute Gasteiger partial charge is 0.330 e. The molecular weight excluding hydrogens is 309 g/mol. The van der Waals surface area contributed by atoms with Crippen LogP contribution >= 0.6 is 0 Å². The molecule has 128 valence electrons. The lowest BCUT2D eigenvalue weighted by Crippen LogP contribution is -2.02. The molecule has 0 radical (unpaired) electrons. The Bertz CT molecular complexity index is 820. The smallest absolute Gasteiger partial charge is 0.131 e. The van der Waals surface area contributed by atoms with Gasteiger partial charge in [-0.15, -0.1) is 0 Å². The molecule has 0 amide bonds. The van der Waals surface area contributed by atoms with Crippen molar-refractivity contribution in [3.63, 3.8) is 0 Å². The highest BCUT2D eigenvalue weighted by molar-refractivity contribution is 5.71. The topological polar surface area (TPSA) is 26.0 Å². The second kappa shape index (κ2) is 8.09. The maximum absolute atomic E-state index is 14.7. The van der Waals surface area contributed by atoms with Crippen molar-refractivity contribution in [2.75, 3.05) is 6.54 Å². The van der Waals surface area contributed by atoms with E-state index in [-0.39, 0.29) is 5.82 Å². The van der Waals surface area contributed by atoms with Crippen molar-refractivity contribution >= 4 is 0 Å². The fourth-order valence-electron chi connectivity index (χ4n) is 3.10. The Morgan fingerprint density at radius 2 is 1.28 bits per heavy atom. The minimum Gasteiger partial charge on any atom is -0.330 e. The van der Waals surface area contributed by atoms with Crippen molar-refractivity contribution in [1.82, 2.24) is 0 Å². The summed E-state index contributed by atoms with van der Waals surface area (Å²) in [6.45, 7) is 2.80. The zero-order valence-electron chi connectivity index (χ0n) is 14.6. The number of rotatable bonds is 6. The second-order valence-corrected chi connectivity index (χ2v) is 6.38. The van der Waals surface area contributed by atoms with Gasteiger partial charge in [-0.2, -0.15) is 0 Å². The Hall–Kier alpha value is -2.45. The van der Waals surface area contributed by atoms with Crippen molar-refractivity contribution in [1.29, 1.82) is 0 Å². The van der Waals surface area contributed by atoms with Gasteiger partial charge in [-0.25, -0.2) is 4.39 Å². The van der Waals surface area contributed by atoms with Crippen LogP contribution in [0.25, 0.3) is 22.3 Å². The molecular formula is C23H24FN. The van der Waals surface area contributed by atoms with Crippen LogP contribution in [0.4, 0.5) is 4.39 Å². The van der Waals surface area contributed by atoms with E-state index in [2.05, 4.69) is 31.2 Å². The molecule has 3 rings (SSSR count). The summed E-state index contributed by atoms with van der Waals surface area (Å²) in [6.07, 6.45) is 3.05. The standard InChI is InChI=1S/C23H24FN/c1-2-3-17-4-8-19(9-5-17)21-12-13-22(23(24)16-21)20-10-6-18(7-11-20)14-15-25/h4-13,16H,2-3,14-15,25H2,1H3. The first-order chi connectivity index (χ1) is 12.2. The quantitative estimate of drug-likeness (QED) is 0.623. The highest BCUT2D eigenvalue weighted by atomic mass is 19.1. The predicted molar refractivity (Wildman–Crippen MR) is 104 cm³/mol. The number of halogens is 1. The summed E-state index contributed by atoms with van der Waals surface area (Å²) >= 11 is 0. The molecule has 0 aliphatic heterocycles. The second-order valence-electron chi connectivity index (χ2n) is 6.38. The van der Waals surface area contributed by atoms with Crippen LogP contribution in [0.3, 0.4) is 0 Å². The number of hydrogen-bond acceptors (Lipinski definition) is 1. The molecule has 0 aliphatic carbocycles. The molecule has 2 heteroatoms. The van der Waals surface area contributed by atoms with Crippen LogP contribution < -0.4 is 5.73 Å². The molecule has 0 saturated heterocycles. The summed E-state index contributed by atoms with van der Waals surface area (Å²) in [6, 6.07) is 21.8. The van der Waals surface area contributed by atoms with Gasteiger partial charge in [-0.3, -0.25) is 0 Å². The van der Waals surface area contributed by atoms with Gasteiger partial charge in [0, 0.05) is 5.56 Å². The third kappa shape index (κ3) is 4.15. The SMILES string of the molecule is CCCc1ccc(-c2ccc(-c3ccc(CCN)cc3)c(F)c2)cc1. The minimum atomic E-state index is -0.193. The van der Waals surface area contributed by atoms with E-state index in [1.165, 1.54) is 11.1 Å². The summed E-state index contributed by atoms with van der Waals surface area (Å²) < 4.78 is 14.7. The van der Waals surface area contributed by atoms with Gasteiger partial charge in [-0.05, 0) is 53.3 Å². The summed E-state index contributed by atoms with van der Waals surface area (Å²) in [7, 11) is 0. The van der Waals surface area contributed by atoms with Gasteiger partial charge < -0.3 is 5.73 Å². The fourth-order valence-corrected chi connectivity index (χ4v) is 3.10. The first kappa shape index (κ1) is 17.4. The van der Waals surface area contributed by atoms with Crippen molar-refractivity contribution in [2.24, 2.45) is 5.73 Å². The van der Waals surface area contributed by atoms with E-state index in [0.29, 0.717) is 12.1 Å². The lowest BCUT2D eigenvalue weighted by molar-refractivity contribution is 0.632. The predicted octanol–water partition coefficient (Wildman–Crippen LogP) is 5.61. The molecule has 0 fully saturated rings. The number of hydrogen-bond donors (Lipinski definition) is 1. The van der Waals surface area contributed by atoms with E-state index in [4.69, 9.17) is 5.73 Å². The lowest BCUT2D eigenvalue weighted by atomic mass is 9.97. The normalized spacial score (nSPS) is 10.8. The average Bonchev–Trinajstić information content (AvgIpc) is 2.64. The van der Waals surface area contributed by atoms with Crippen molar-refractivity contribution < 1.29 is 4.39 Å². The molecule has 3 aromatic rings. The molecule has 3 aromatic carbocycles. The van der Waals surface area contributed by atoms with Crippen LogP contribution in [-0.4, -0.2) is 6.54 Å². The van der Waals surface area contributed by atoms with Gasteiger partial charge in [0.1, 0.15) is 5.82 Å². The molecule has 2 N–H and O–H groups in total. The van der Waals surface area contributed by atoms with E-state index < -0.39 is 0 Å². The Labute approximate surface area is 149 Å². The first-order valence-corrected chi connectivity index (χ1v) is 8.89. The highest BCUT2D eigenvalue weighted by Gasteiger charge is 2.08. The van der Waals surface area contributed by atoms with Gasteiger partial charge >= 0.3 is 0 Å². The van der Waals surface area contributed by atoms with Crippen molar-refractivity contribution in [3.05, 3.63) is 83.7 Å². The zero-order chi connectivity index (χ0) is 17.6. The number of nitrogens with two attached hydrogens (primary N) is 1. The molecule has 0 unspecified atom stereocenters. The number of aryl methyl sites for hydroxylation is 1. The zero-order valence-corrected chi connectivity index (χ0v) is 14.6. The van der Waals surface area contributed by atoms with Gasteiger partial charge in [0.25, 0.3) is 0 Å². The minimum absolute atomic E-state index is 0.193. The fraction of sp³-hybridized carbons (Fsp3) is 0.217. The van der Waals surface area contributed by atoms with Gasteiger partial charge in [0.05, 0.1) is 0 Å². The molecule has 0 saturated carbocycles. The Kier molecular flexibility index (Phi) is 5.62. The average molecular weight is 333 g/mol. The van der Waals surface area contributed by atoms with Crippen LogP contribution in [0.2, 0.25) is 0 Å². The molecule has 1 nitrogen and oxygen atoms in total. The maximum atomic E-state index is 14.7. The molecule has 0 bridgehead atoms. The number of benzene rings is 3. The molecule has 25 heavy (non-hydrogen) atoms. The molecule has 0 heterocycles. The summed E-state index contributed by atoms with van der Waals surface area (Å²) in [5.41, 5.74) is 11.5. The molecule has 0 atom stereocenters. The van der Waals surface area contributed by atoms with Crippen LogP contribution in [0.5, 0.6) is 0 Å². The van der Waals surface area contributed by atoms with E-state index >= 15 is 0 Å². The van der Waals surface area contributed by atoms with E-state index in [9.17, 15) is 4.39 Å². The van der Waals surface area contributed by atoms with Crippen molar-refractivity contribution in [3.8, 4) is 22.3 Å². The molecule has 0 aromatic heterocycles. The third-order valence-corrected chi connectivity index (χ3v) is 4.49. The van der Waals surface area contributed by atoms with Crippen LogP contribution in [0, 0.1) is 5.82 Å². The first-order valence-electron chi connectivity index (χ1n) is 8.89. The van der Waals surface area contributed by atoms with Crippen LogP contribution in [0.15, 0.2) is 66.7 Å². The van der Waals surface area contributed by atoms with Crippen LogP contribution in [-0.2, 0) is 12.8 Å². The summed E-state index contributed by atoms with van der Waals surface area (Å²) in [5.74, 6) is -0.193. The maximum Gasteiger partial charge on any atom is 0.131 e. The van der Waals surface area contributed by atoms with E-state index in [1.54, 1.807) is 6.07 Å². The summed E-state index contributed by atoms with van der Waals surface area (Å²) in [4.78, 5) is 0. The van der Waals surface area contributed by atoms with Crippen LogP contribution in [0.1, 0.15) is 24.5 Å². The Morgan fingerprint density at radius 3 is 1.84 bits per heavy atom. The van der Waals surface area contributed by atoms with Crippen molar-refractivity contribution in [2.45, 2.75) is 26.2 Å². The van der Waals surface area contributed by atoms with Gasteiger partial charge in [-0.1, -0.05) is 74.0 Å². The Morgan fingerprint density at radius 1 is 0.720 bits per heavy atom. The molecule has 0 aliphatic rings. The highest BCUT2D eigenvalue weighted by Crippen LogP contribution is 2.28. The summed E-state index contributed by atoms with van der Waals surface area (Å²) in [5, 5.41) is 0. The van der Waals surface area contributed by atoms with Gasteiger partial charge in [0.2, 0.25) is 0 Å². The Balaban J connectivity index is 1.85. The third-order valence-electron chi connectivity index (χ3n) is 4.49.